The van der Waals surface area contributed by atoms with Crippen molar-refractivity contribution in [3.05, 3.63) is 59.9 Å². The van der Waals surface area contributed by atoms with E-state index < -0.39 is 0 Å². The van der Waals surface area contributed by atoms with Gasteiger partial charge in [-0.2, -0.15) is 0 Å². The van der Waals surface area contributed by atoms with E-state index in [0.29, 0.717) is 30.8 Å². The van der Waals surface area contributed by atoms with Crippen LogP contribution in [-0.2, 0) is 20.7 Å². The Balaban J connectivity index is 1.55. The number of anilines is 2. The lowest BCUT2D eigenvalue weighted by atomic mass is 10.1. The SMILES string of the molecule is O=C(CCc1ccccc1F)Nc1ccc(N2CCOCC2=O)cc1. The average Bonchev–Trinajstić information content (AvgIpc) is 2.62. The van der Waals surface area contributed by atoms with E-state index in [-0.39, 0.29) is 30.7 Å². The number of halogens is 1. The Morgan fingerprint density at radius 2 is 1.92 bits per heavy atom. The Morgan fingerprint density at radius 1 is 1.16 bits per heavy atom. The van der Waals surface area contributed by atoms with Gasteiger partial charge in [-0.3, -0.25) is 9.59 Å². The van der Waals surface area contributed by atoms with Crippen LogP contribution in [-0.4, -0.2) is 31.6 Å². The molecule has 2 amide bonds. The van der Waals surface area contributed by atoms with Gasteiger partial charge in [-0.25, -0.2) is 4.39 Å². The van der Waals surface area contributed by atoms with Gasteiger partial charge in [0.25, 0.3) is 5.91 Å². The van der Waals surface area contributed by atoms with Crippen molar-refractivity contribution in [1.82, 2.24) is 0 Å². The maximum atomic E-state index is 13.5. The molecule has 0 spiro atoms. The largest absolute Gasteiger partial charge is 0.370 e. The fraction of sp³-hybridized carbons (Fsp3) is 0.263. The number of morpholine rings is 1. The van der Waals surface area contributed by atoms with E-state index in [9.17, 15) is 14.0 Å². The number of carbonyl (C=O) groups is 2. The molecule has 6 heteroatoms. The predicted octanol–water partition coefficient (Wildman–Crippen LogP) is 2.76. The fourth-order valence-corrected chi connectivity index (χ4v) is 2.69. The first kappa shape index (κ1) is 17.1. The number of hydrogen-bond donors (Lipinski definition) is 1. The normalized spacial score (nSPS) is 14.4. The molecule has 0 aliphatic carbocycles. The lowest BCUT2D eigenvalue weighted by Gasteiger charge is -2.26. The third-order valence-corrected chi connectivity index (χ3v) is 4.03. The zero-order valence-electron chi connectivity index (χ0n) is 13.7. The van der Waals surface area contributed by atoms with Gasteiger partial charge in [0, 0.05) is 24.3 Å². The molecule has 5 nitrogen and oxygen atoms in total. The first-order valence-electron chi connectivity index (χ1n) is 8.15. The summed E-state index contributed by atoms with van der Waals surface area (Å²) in [7, 11) is 0. The molecule has 0 saturated carbocycles. The van der Waals surface area contributed by atoms with E-state index >= 15 is 0 Å². The summed E-state index contributed by atoms with van der Waals surface area (Å²) in [6.07, 6.45) is 0.545. The van der Waals surface area contributed by atoms with E-state index in [2.05, 4.69) is 5.32 Å². The summed E-state index contributed by atoms with van der Waals surface area (Å²) in [5, 5.41) is 2.78. The summed E-state index contributed by atoms with van der Waals surface area (Å²) in [4.78, 5) is 25.5. The molecule has 1 saturated heterocycles. The molecule has 3 rings (SSSR count). The lowest BCUT2D eigenvalue weighted by molar-refractivity contribution is -0.125. The molecule has 130 valence electrons. The topological polar surface area (TPSA) is 58.6 Å². The molecule has 0 bridgehead atoms. The minimum absolute atomic E-state index is 0.0760. The second kappa shape index (κ2) is 7.90. The van der Waals surface area contributed by atoms with Crippen LogP contribution in [0.15, 0.2) is 48.5 Å². The molecule has 2 aromatic rings. The van der Waals surface area contributed by atoms with Crippen LogP contribution in [0, 0.1) is 5.82 Å². The highest BCUT2D eigenvalue weighted by molar-refractivity contribution is 5.95. The second-order valence-corrected chi connectivity index (χ2v) is 5.78. The molecule has 1 fully saturated rings. The van der Waals surface area contributed by atoms with Gasteiger partial charge in [0.2, 0.25) is 5.91 Å². The number of hydrogen-bond acceptors (Lipinski definition) is 3. The Labute approximate surface area is 145 Å². The van der Waals surface area contributed by atoms with Crippen molar-refractivity contribution >= 4 is 23.2 Å². The van der Waals surface area contributed by atoms with Crippen molar-refractivity contribution in [3.8, 4) is 0 Å². The third-order valence-electron chi connectivity index (χ3n) is 4.03. The Kier molecular flexibility index (Phi) is 5.40. The van der Waals surface area contributed by atoms with Gasteiger partial charge in [-0.1, -0.05) is 18.2 Å². The van der Waals surface area contributed by atoms with Crippen molar-refractivity contribution in [2.75, 3.05) is 30.0 Å². The van der Waals surface area contributed by atoms with Crippen LogP contribution in [0.3, 0.4) is 0 Å². The van der Waals surface area contributed by atoms with Crippen molar-refractivity contribution < 1.29 is 18.7 Å². The molecule has 1 aliphatic rings. The molecule has 25 heavy (non-hydrogen) atoms. The van der Waals surface area contributed by atoms with E-state index in [0.717, 1.165) is 5.69 Å². The number of ether oxygens (including phenoxy) is 1. The summed E-state index contributed by atoms with van der Waals surface area (Å²) in [5.41, 5.74) is 1.94. The minimum Gasteiger partial charge on any atom is -0.370 e. The Hall–Kier alpha value is -2.73. The fourth-order valence-electron chi connectivity index (χ4n) is 2.69. The molecule has 2 aromatic carbocycles. The standard InChI is InChI=1S/C19H19FN2O3/c20-17-4-2-1-3-14(17)5-10-18(23)21-15-6-8-16(9-7-15)22-11-12-25-13-19(22)24/h1-4,6-9H,5,10-13H2,(H,21,23). The number of rotatable bonds is 5. The van der Waals surface area contributed by atoms with Crippen LogP contribution < -0.4 is 10.2 Å². The van der Waals surface area contributed by atoms with E-state index in [1.54, 1.807) is 47.4 Å². The van der Waals surface area contributed by atoms with Crippen LogP contribution in [0.2, 0.25) is 0 Å². The number of amides is 2. The average molecular weight is 342 g/mol. The van der Waals surface area contributed by atoms with Crippen molar-refractivity contribution in [1.29, 1.82) is 0 Å². The van der Waals surface area contributed by atoms with Gasteiger partial charge in [0.15, 0.2) is 0 Å². The smallest absolute Gasteiger partial charge is 0.253 e. The molecule has 0 atom stereocenters. The van der Waals surface area contributed by atoms with Gasteiger partial charge >= 0.3 is 0 Å². The highest BCUT2D eigenvalue weighted by Crippen LogP contribution is 2.20. The maximum Gasteiger partial charge on any atom is 0.253 e. The highest BCUT2D eigenvalue weighted by atomic mass is 19.1. The molecular formula is C19H19FN2O3. The predicted molar refractivity (Wildman–Crippen MR) is 93.0 cm³/mol. The molecular weight excluding hydrogens is 323 g/mol. The highest BCUT2D eigenvalue weighted by Gasteiger charge is 2.19. The number of aryl methyl sites for hydroxylation is 1. The van der Waals surface area contributed by atoms with Crippen LogP contribution in [0.5, 0.6) is 0 Å². The minimum atomic E-state index is -0.296. The lowest BCUT2D eigenvalue weighted by Crippen LogP contribution is -2.41. The van der Waals surface area contributed by atoms with Crippen LogP contribution in [0.1, 0.15) is 12.0 Å². The summed E-state index contributed by atoms with van der Waals surface area (Å²) in [5.74, 6) is -0.554. The first-order valence-corrected chi connectivity index (χ1v) is 8.15. The molecule has 1 N–H and O–H groups in total. The first-order chi connectivity index (χ1) is 12.1. The second-order valence-electron chi connectivity index (χ2n) is 5.78. The molecule has 0 aromatic heterocycles. The summed E-state index contributed by atoms with van der Waals surface area (Å²) in [6, 6.07) is 13.5. The summed E-state index contributed by atoms with van der Waals surface area (Å²) < 4.78 is 18.7. The van der Waals surface area contributed by atoms with Gasteiger partial charge in [0.05, 0.1) is 6.61 Å². The maximum absolute atomic E-state index is 13.5. The number of carbonyl (C=O) groups excluding carboxylic acids is 2. The van der Waals surface area contributed by atoms with Gasteiger partial charge in [-0.15, -0.1) is 0 Å². The van der Waals surface area contributed by atoms with E-state index in [4.69, 9.17) is 4.74 Å². The molecule has 1 heterocycles. The van der Waals surface area contributed by atoms with Crippen molar-refractivity contribution in [3.63, 3.8) is 0 Å². The summed E-state index contributed by atoms with van der Waals surface area (Å²) in [6.45, 7) is 1.13. The van der Waals surface area contributed by atoms with Crippen molar-refractivity contribution in [2.24, 2.45) is 0 Å². The van der Waals surface area contributed by atoms with E-state index in [1.165, 1.54) is 6.07 Å². The van der Waals surface area contributed by atoms with Crippen LogP contribution in [0.25, 0.3) is 0 Å². The van der Waals surface area contributed by atoms with Crippen molar-refractivity contribution in [2.45, 2.75) is 12.8 Å². The monoisotopic (exact) mass is 342 g/mol. The Morgan fingerprint density at radius 3 is 2.64 bits per heavy atom. The van der Waals surface area contributed by atoms with E-state index in [1.807, 2.05) is 0 Å². The van der Waals surface area contributed by atoms with Gasteiger partial charge in [0.1, 0.15) is 12.4 Å². The van der Waals surface area contributed by atoms with Crippen LogP contribution >= 0.6 is 0 Å². The Bertz CT molecular complexity index is 762. The zero-order chi connectivity index (χ0) is 17.6. The number of nitrogens with one attached hydrogen (secondary N) is 1. The number of benzene rings is 2. The number of nitrogens with zero attached hydrogens (tertiary/aromatic N) is 1. The molecule has 1 aliphatic heterocycles. The van der Waals surface area contributed by atoms with Gasteiger partial charge in [-0.05, 0) is 42.3 Å². The van der Waals surface area contributed by atoms with Gasteiger partial charge < -0.3 is 15.0 Å². The zero-order valence-corrected chi connectivity index (χ0v) is 13.7. The van der Waals surface area contributed by atoms with Crippen LogP contribution in [0.4, 0.5) is 15.8 Å². The quantitative estimate of drug-likeness (QED) is 0.909. The third kappa shape index (κ3) is 4.42. The molecule has 0 unspecified atom stereocenters. The molecule has 0 radical (unpaired) electrons. The summed E-state index contributed by atoms with van der Waals surface area (Å²) >= 11 is 0.